The number of nitrogens with zero attached hydrogens (tertiary/aromatic N) is 1. The highest BCUT2D eigenvalue weighted by Crippen LogP contribution is 2.14. The Labute approximate surface area is 147 Å². The molecule has 0 heterocycles. The van der Waals surface area contributed by atoms with E-state index in [9.17, 15) is 14.9 Å². The molecular formula is C18H21ClN2O3. The maximum absolute atomic E-state index is 12.0. The van der Waals surface area contributed by atoms with E-state index in [1.807, 2.05) is 0 Å². The van der Waals surface area contributed by atoms with Crippen molar-refractivity contribution in [2.24, 2.45) is 0 Å². The van der Waals surface area contributed by atoms with Crippen molar-refractivity contribution in [3.05, 3.63) is 75.3 Å². The number of quaternary nitrogens is 1. The highest BCUT2D eigenvalue weighted by molar-refractivity contribution is 5.96. The van der Waals surface area contributed by atoms with Gasteiger partial charge in [-0.3, -0.25) is 14.9 Å². The number of hydrogen-bond acceptors (Lipinski definition) is 3. The number of ketones is 1. The first kappa shape index (κ1) is 19.8. The molecule has 2 aromatic carbocycles. The Kier molecular flexibility index (Phi) is 8.09. The minimum atomic E-state index is -0.482. The molecule has 0 aliphatic carbocycles. The van der Waals surface area contributed by atoms with Gasteiger partial charge in [0.25, 0.3) is 5.69 Å². The molecule has 0 bridgehead atoms. The second kappa shape index (κ2) is 9.80. The predicted octanol–water partition coefficient (Wildman–Crippen LogP) is -0.714. The van der Waals surface area contributed by atoms with Crippen LogP contribution in [0.15, 0.2) is 48.5 Å². The number of nitro benzene ring substituents is 1. The molecule has 0 saturated heterocycles. The summed E-state index contributed by atoms with van der Waals surface area (Å²) in [4.78, 5) is 22.3. The second-order valence-corrected chi connectivity index (χ2v) is 5.58. The summed E-state index contributed by atoms with van der Waals surface area (Å²) in [6, 6.07) is 14.4. The maximum Gasteiger partial charge on any atom is 0.270 e. The minimum Gasteiger partial charge on any atom is -1.00 e. The van der Waals surface area contributed by atoms with Crippen LogP contribution in [0.4, 0.5) is 5.69 Å². The normalized spacial score (nSPS) is 10.0. The second-order valence-electron chi connectivity index (χ2n) is 5.58. The summed E-state index contributed by atoms with van der Waals surface area (Å²) in [5.74, 6) is -0.0553. The Balaban J connectivity index is 0.00000288. The molecule has 0 amide bonds. The Morgan fingerprint density at radius 1 is 1.12 bits per heavy atom. The lowest BCUT2D eigenvalue weighted by molar-refractivity contribution is -0.653. The van der Waals surface area contributed by atoms with Crippen LogP contribution in [0.3, 0.4) is 0 Å². The van der Waals surface area contributed by atoms with Gasteiger partial charge < -0.3 is 17.7 Å². The number of non-ortho nitro benzene ring substituents is 1. The molecule has 5 nitrogen and oxygen atoms in total. The molecule has 0 aliphatic rings. The van der Waals surface area contributed by atoms with Crippen molar-refractivity contribution >= 4 is 11.5 Å². The number of hydrogen-bond donors (Lipinski definition) is 1. The van der Waals surface area contributed by atoms with Crippen molar-refractivity contribution in [3.8, 4) is 0 Å². The monoisotopic (exact) mass is 348 g/mol. The van der Waals surface area contributed by atoms with Gasteiger partial charge in [-0.05, 0) is 12.5 Å². The van der Waals surface area contributed by atoms with E-state index in [0.717, 1.165) is 13.0 Å². The van der Waals surface area contributed by atoms with Crippen LogP contribution in [0.1, 0.15) is 27.9 Å². The molecule has 0 aromatic heterocycles. The Bertz CT molecular complexity index is 687. The first-order valence-electron chi connectivity index (χ1n) is 7.71. The number of nitrogens with two attached hydrogens (primary N) is 1. The lowest BCUT2D eigenvalue weighted by atomic mass is 10.1. The van der Waals surface area contributed by atoms with Crippen molar-refractivity contribution < 1.29 is 27.4 Å². The van der Waals surface area contributed by atoms with Gasteiger partial charge in [0.15, 0.2) is 5.78 Å². The first-order valence-corrected chi connectivity index (χ1v) is 7.71. The van der Waals surface area contributed by atoms with Gasteiger partial charge in [0.1, 0.15) is 0 Å². The fourth-order valence-electron chi connectivity index (χ4n) is 2.34. The molecule has 0 radical (unpaired) electrons. The molecule has 0 spiro atoms. The van der Waals surface area contributed by atoms with Gasteiger partial charge in [0, 0.05) is 24.1 Å². The topological polar surface area (TPSA) is 76.8 Å². The number of benzene rings is 2. The van der Waals surface area contributed by atoms with Crippen LogP contribution >= 0.6 is 0 Å². The summed E-state index contributed by atoms with van der Waals surface area (Å²) in [6.07, 6.45) is 1.35. The zero-order valence-corrected chi connectivity index (χ0v) is 14.3. The molecule has 128 valence electrons. The van der Waals surface area contributed by atoms with E-state index >= 15 is 0 Å². The number of carbonyl (C=O) groups excluding carboxylic acids is 1. The summed E-state index contributed by atoms with van der Waals surface area (Å²) < 4.78 is 0. The Hall–Kier alpha value is -2.24. The molecule has 2 N–H and O–H groups in total. The average Bonchev–Trinajstić information content (AvgIpc) is 2.56. The summed E-state index contributed by atoms with van der Waals surface area (Å²) in [6.45, 7) is 3.67. The van der Waals surface area contributed by atoms with Crippen molar-refractivity contribution in [3.63, 3.8) is 0 Å². The molecule has 2 aromatic rings. The van der Waals surface area contributed by atoms with Crippen LogP contribution in [-0.4, -0.2) is 23.8 Å². The third-order valence-corrected chi connectivity index (χ3v) is 3.71. The van der Waals surface area contributed by atoms with Gasteiger partial charge in [-0.2, -0.15) is 0 Å². The number of Topliss-reactive ketones (excluding diaryl/α,β-unsaturated/α-hetero) is 1. The van der Waals surface area contributed by atoms with Crippen LogP contribution in [0.5, 0.6) is 0 Å². The summed E-state index contributed by atoms with van der Waals surface area (Å²) >= 11 is 0. The van der Waals surface area contributed by atoms with E-state index in [1.54, 1.807) is 12.1 Å². The van der Waals surface area contributed by atoms with Crippen LogP contribution in [0, 0.1) is 17.0 Å². The quantitative estimate of drug-likeness (QED) is 0.296. The minimum absolute atomic E-state index is 0. The fourth-order valence-corrected chi connectivity index (χ4v) is 2.34. The van der Waals surface area contributed by atoms with Gasteiger partial charge in [-0.15, -0.1) is 0 Å². The van der Waals surface area contributed by atoms with Gasteiger partial charge in [0.05, 0.1) is 24.4 Å². The van der Waals surface area contributed by atoms with Crippen molar-refractivity contribution in [2.45, 2.75) is 19.8 Å². The number of aryl methyl sites for hydroxylation is 1. The molecule has 6 heteroatoms. The molecular weight excluding hydrogens is 328 g/mol. The molecule has 0 unspecified atom stereocenters. The van der Waals surface area contributed by atoms with Crippen molar-refractivity contribution in [1.29, 1.82) is 0 Å². The standard InChI is InChI=1S/C18H20N2O3.ClH/c1-14-5-7-15(8-6-14)9-11-19-12-10-18(21)16-3-2-4-17(13-16)20(22)23;/h2-8,13,19H,9-12H2,1H3;1H. The zero-order valence-electron chi connectivity index (χ0n) is 13.6. The molecule has 24 heavy (non-hydrogen) atoms. The summed E-state index contributed by atoms with van der Waals surface area (Å²) in [5.41, 5.74) is 2.91. The van der Waals surface area contributed by atoms with Crippen molar-refractivity contribution in [1.82, 2.24) is 0 Å². The fraction of sp³-hybridized carbons (Fsp3) is 0.278. The van der Waals surface area contributed by atoms with E-state index in [4.69, 9.17) is 0 Å². The van der Waals surface area contributed by atoms with E-state index in [-0.39, 0.29) is 23.9 Å². The van der Waals surface area contributed by atoms with Gasteiger partial charge in [-0.25, -0.2) is 0 Å². The third-order valence-electron chi connectivity index (χ3n) is 3.71. The van der Waals surface area contributed by atoms with Crippen LogP contribution in [-0.2, 0) is 6.42 Å². The number of rotatable bonds is 8. The molecule has 0 saturated carbocycles. The Morgan fingerprint density at radius 2 is 1.83 bits per heavy atom. The SMILES string of the molecule is Cc1ccc(CC[NH2+]CCC(=O)c2cccc([N+](=O)[O-])c2)cc1.[Cl-]. The molecule has 0 aliphatic heterocycles. The molecule has 0 fully saturated rings. The van der Waals surface area contributed by atoms with Gasteiger partial charge in [0.2, 0.25) is 0 Å². The van der Waals surface area contributed by atoms with E-state index in [0.29, 0.717) is 18.5 Å². The van der Waals surface area contributed by atoms with Crippen LogP contribution in [0.25, 0.3) is 0 Å². The third kappa shape index (κ3) is 6.10. The summed E-state index contributed by atoms with van der Waals surface area (Å²) in [7, 11) is 0. The van der Waals surface area contributed by atoms with E-state index in [2.05, 4.69) is 36.5 Å². The highest BCUT2D eigenvalue weighted by atomic mass is 35.5. The number of carbonyl (C=O) groups is 1. The van der Waals surface area contributed by atoms with Gasteiger partial charge in [-0.1, -0.05) is 42.0 Å². The maximum atomic E-state index is 12.0. The largest absolute Gasteiger partial charge is 1.00 e. The van der Waals surface area contributed by atoms with E-state index < -0.39 is 4.92 Å². The van der Waals surface area contributed by atoms with Crippen LogP contribution in [0.2, 0.25) is 0 Å². The lowest BCUT2D eigenvalue weighted by Crippen LogP contribution is -3.00. The Morgan fingerprint density at radius 3 is 2.50 bits per heavy atom. The van der Waals surface area contributed by atoms with Gasteiger partial charge >= 0.3 is 0 Å². The summed E-state index contributed by atoms with van der Waals surface area (Å²) in [5, 5.41) is 12.8. The first-order chi connectivity index (χ1) is 11.1. The highest BCUT2D eigenvalue weighted by Gasteiger charge is 2.11. The predicted molar refractivity (Wildman–Crippen MR) is 88.6 cm³/mol. The zero-order chi connectivity index (χ0) is 16.7. The molecule has 0 atom stereocenters. The lowest BCUT2D eigenvalue weighted by Gasteiger charge is -2.03. The number of halogens is 1. The van der Waals surface area contributed by atoms with E-state index in [1.165, 1.54) is 23.3 Å². The number of nitro groups is 1. The molecule has 2 rings (SSSR count). The smallest absolute Gasteiger partial charge is 0.270 e. The van der Waals surface area contributed by atoms with Crippen LogP contribution < -0.4 is 17.7 Å². The average molecular weight is 349 g/mol. The van der Waals surface area contributed by atoms with Crippen molar-refractivity contribution in [2.75, 3.05) is 13.1 Å².